The van der Waals surface area contributed by atoms with E-state index in [1.807, 2.05) is 0 Å². The normalized spacial score (nSPS) is 17.1. The van der Waals surface area contributed by atoms with Crippen LogP contribution in [0.5, 0.6) is 5.75 Å². The first kappa shape index (κ1) is 25.2. The van der Waals surface area contributed by atoms with Gasteiger partial charge in [0.1, 0.15) is 12.4 Å². The van der Waals surface area contributed by atoms with Crippen molar-refractivity contribution in [1.29, 1.82) is 0 Å². The van der Waals surface area contributed by atoms with Crippen molar-refractivity contribution in [3.63, 3.8) is 0 Å². The van der Waals surface area contributed by atoms with E-state index in [1.54, 1.807) is 25.2 Å². The number of rotatable bonds is 7. The highest BCUT2D eigenvalue weighted by molar-refractivity contribution is 6.33. The van der Waals surface area contributed by atoms with Crippen molar-refractivity contribution in [2.24, 2.45) is 12.8 Å². The molecule has 1 aliphatic heterocycles. The van der Waals surface area contributed by atoms with Crippen LogP contribution < -0.4 is 26.2 Å². The van der Waals surface area contributed by atoms with E-state index in [2.05, 4.69) is 15.8 Å². The van der Waals surface area contributed by atoms with E-state index in [0.29, 0.717) is 22.0 Å². The molecule has 2 heterocycles. The number of hydrogen-bond donors (Lipinski definition) is 3. The largest absolute Gasteiger partial charge is 0.492 e. The van der Waals surface area contributed by atoms with Crippen molar-refractivity contribution in [3.8, 4) is 17.0 Å². The minimum Gasteiger partial charge on any atom is -0.492 e. The van der Waals surface area contributed by atoms with Crippen molar-refractivity contribution in [1.82, 2.24) is 15.2 Å². The van der Waals surface area contributed by atoms with Gasteiger partial charge in [-0.3, -0.25) is 10.00 Å². The minimum absolute atomic E-state index is 0.141. The molecule has 36 heavy (non-hydrogen) atoms. The molecule has 1 atom stereocenters. The number of aryl methyl sites for hydroxylation is 1. The average molecular weight is 523 g/mol. The smallest absolute Gasteiger partial charge is 0.455 e. The van der Waals surface area contributed by atoms with Gasteiger partial charge in [0.05, 0.1) is 22.6 Å². The number of hydrazine groups is 1. The summed E-state index contributed by atoms with van der Waals surface area (Å²) < 4.78 is 55.0. The molecule has 9 nitrogen and oxygen atoms in total. The molecule has 0 radical (unpaired) electrons. The van der Waals surface area contributed by atoms with Crippen molar-refractivity contribution in [2.45, 2.75) is 11.9 Å². The van der Waals surface area contributed by atoms with Gasteiger partial charge in [-0.2, -0.15) is 18.3 Å². The molecule has 4 N–H and O–H groups in total. The second-order valence-corrected chi connectivity index (χ2v) is 8.06. The molecule has 0 fully saturated rings. The maximum absolute atomic E-state index is 14.3. The zero-order chi connectivity index (χ0) is 25.9. The van der Waals surface area contributed by atoms with Crippen molar-refractivity contribution in [3.05, 3.63) is 72.0 Å². The number of nitrogens with one attached hydrogen (secondary N) is 2. The Labute approximate surface area is 209 Å². The van der Waals surface area contributed by atoms with Crippen LogP contribution in [0.2, 0.25) is 5.02 Å². The molecule has 4 rings (SSSR count). The minimum atomic E-state index is -4.98. The first-order valence-corrected chi connectivity index (χ1v) is 11.0. The number of para-hydroxylation sites is 1. The highest BCUT2D eigenvalue weighted by Crippen LogP contribution is 2.42. The fourth-order valence-electron chi connectivity index (χ4n) is 3.68. The lowest BCUT2D eigenvalue weighted by Gasteiger charge is -2.38. The number of alkyl halides is 3. The second kappa shape index (κ2) is 9.99. The van der Waals surface area contributed by atoms with Gasteiger partial charge in [0, 0.05) is 37.1 Å². The van der Waals surface area contributed by atoms with Gasteiger partial charge >= 0.3 is 18.0 Å². The van der Waals surface area contributed by atoms with Crippen LogP contribution in [0.15, 0.2) is 67.0 Å². The highest BCUT2D eigenvalue weighted by Gasteiger charge is 2.63. The van der Waals surface area contributed by atoms with Crippen LogP contribution in [0.3, 0.4) is 0 Å². The number of nitrogens with two attached hydrogens (primary N) is 1. The number of carbonyl (C=O) groups is 1. The topological polar surface area (TPSA) is 107 Å². The number of ether oxygens (including phenoxy) is 2. The molecular weight excluding hydrogens is 501 g/mol. The van der Waals surface area contributed by atoms with Gasteiger partial charge in [0.2, 0.25) is 0 Å². The third-order valence-corrected chi connectivity index (χ3v) is 5.54. The third kappa shape index (κ3) is 4.77. The molecule has 3 aromatic rings. The van der Waals surface area contributed by atoms with Crippen LogP contribution in [0.1, 0.15) is 0 Å². The predicted octanol–water partition coefficient (Wildman–Crippen LogP) is 4.42. The van der Waals surface area contributed by atoms with E-state index in [-0.39, 0.29) is 24.5 Å². The lowest BCUT2D eigenvalue weighted by atomic mass is 10.1. The summed E-state index contributed by atoms with van der Waals surface area (Å²) in [5, 5.41) is 7.48. The van der Waals surface area contributed by atoms with Gasteiger partial charge in [0.25, 0.3) is 0 Å². The van der Waals surface area contributed by atoms with Gasteiger partial charge in [-0.1, -0.05) is 29.8 Å². The summed E-state index contributed by atoms with van der Waals surface area (Å²) >= 11 is 6.28. The van der Waals surface area contributed by atoms with Gasteiger partial charge in [-0.15, -0.1) is 0 Å². The molecular formula is C23H22ClF3N6O3. The number of benzene rings is 2. The zero-order valence-electron chi connectivity index (χ0n) is 18.9. The molecule has 13 heteroatoms. The fourth-order valence-corrected chi connectivity index (χ4v) is 3.95. The molecule has 2 aromatic carbocycles. The summed E-state index contributed by atoms with van der Waals surface area (Å²) in [7, 11) is 1.66. The van der Waals surface area contributed by atoms with Crippen molar-refractivity contribution >= 4 is 29.1 Å². The summed E-state index contributed by atoms with van der Waals surface area (Å²) in [6, 6.07) is 12.2. The maximum atomic E-state index is 14.3. The van der Waals surface area contributed by atoms with E-state index in [0.717, 1.165) is 17.3 Å². The van der Waals surface area contributed by atoms with E-state index in [1.165, 1.54) is 41.2 Å². The molecule has 0 aliphatic carbocycles. The zero-order valence-corrected chi connectivity index (χ0v) is 19.7. The number of amides is 1. The summed E-state index contributed by atoms with van der Waals surface area (Å²) in [5.74, 6) is 0.398. The Morgan fingerprint density at radius 3 is 2.64 bits per heavy atom. The summed E-state index contributed by atoms with van der Waals surface area (Å²) in [5.41, 5.74) is 6.14. The predicted molar refractivity (Wildman–Crippen MR) is 128 cm³/mol. The highest BCUT2D eigenvalue weighted by atomic mass is 35.5. The van der Waals surface area contributed by atoms with Gasteiger partial charge in [-0.05, 0) is 30.3 Å². The fraction of sp³-hybridized carbons (Fsp3) is 0.217. The van der Waals surface area contributed by atoms with Crippen LogP contribution >= 0.6 is 11.6 Å². The number of nitrogens with zero attached hydrogens (tertiary/aromatic N) is 3. The average Bonchev–Trinajstić information content (AvgIpc) is 3.42. The SMILES string of the molecule is Cn1ncc(Cl)c1-c1cc(NC(=O)OC2(C(F)(F)F)C=CNN2c2ccccc2)ccc1OCCN. The molecule has 0 saturated carbocycles. The number of carbonyl (C=O) groups excluding carboxylic acids is 1. The standard InChI is InChI=1S/C23H22ClF3N6O3/c1-32-20(18(24)14-30-32)17-13-15(7-8-19(17)35-12-10-28)31-21(34)36-22(23(25,26)27)9-11-29-33(22)16-5-3-2-4-6-16/h2-9,11,13-14,29H,10,12,28H2,1H3,(H,31,34). The lowest BCUT2D eigenvalue weighted by Crippen LogP contribution is -2.61. The summed E-state index contributed by atoms with van der Waals surface area (Å²) in [6.45, 7) is 0.462. The number of anilines is 2. The third-order valence-electron chi connectivity index (χ3n) is 5.26. The van der Waals surface area contributed by atoms with Crippen LogP contribution in [-0.2, 0) is 11.8 Å². The van der Waals surface area contributed by atoms with Crippen LogP contribution in [-0.4, -0.2) is 40.9 Å². The Hall–Kier alpha value is -3.90. The molecule has 0 saturated heterocycles. The van der Waals surface area contributed by atoms with E-state index in [9.17, 15) is 18.0 Å². The summed E-state index contributed by atoms with van der Waals surface area (Å²) in [4.78, 5) is 12.8. The Kier molecular flexibility index (Phi) is 7.00. The van der Waals surface area contributed by atoms with E-state index >= 15 is 0 Å². The molecule has 0 spiro atoms. The first-order chi connectivity index (χ1) is 17.2. The number of aromatic nitrogens is 2. The number of halogens is 4. The van der Waals surface area contributed by atoms with Crippen LogP contribution in [0.25, 0.3) is 11.3 Å². The summed E-state index contributed by atoms with van der Waals surface area (Å²) in [6.07, 6.45) is -3.10. The van der Waals surface area contributed by atoms with Gasteiger partial charge < -0.3 is 20.6 Å². The Morgan fingerprint density at radius 2 is 2.00 bits per heavy atom. The Morgan fingerprint density at radius 1 is 1.25 bits per heavy atom. The monoisotopic (exact) mass is 522 g/mol. The number of hydrogen-bond acceptors (Lipinski definition) is 7. The lowest BCUT2D eigenvalue weighted by molar-refractivity contribution is -0.236. The molecule has 0 bridgehead atoms. The molecule has 1 unspecified atom stereocenters. The van der Waals surface area contributed by atoms with Crippen molar-refractivity contribution in [2.75, 3.05) is 23.5 Å². The Bertz CT molecular complexity index is 1250. The van der Waals surface area contributed by atoms with Crippen LogP contribution in [0.4, 0.5) is 29.3 Å². The van der Waals surface area contributed by atoms with E-state index in [4.69, 9.17) is 26.8 Å². The van der Waals surface area contributed by atoms with Gasteiger partial charge in [0.15, 0.2) is 0 Å². The Balaban J connectivity index is 1.63. The molecule has 1 aromatic heterocycles. The van der Waals surface area contributed by atoms with E-state index < -0.39 is 18.0 Å². The molecule has 190 valence electrons. The first-order valence-electron chi connectivity index (χ1n) is 10.7. The maximum Gasteiger partial charge on any atom is 0.455 e. The van der Waals surface area contributed by atoms with Crippen molar-refractivity contribution < 1.29 is 27.4 Å². The molecule has 1 aliphatic rings. The molecule has 1 amide bonds. The van der Waals surface area contributed by atoms with Crippen LogP contribution in [0, 0.1) is 0 Å². The second-order valence-electron chi connectivity index (χ2n) is 7.65. The quantitative estimate of drug-likeness (QED) is 0.421. The van der Waals surface area contributed by atoms with Gasteiger partial charge in [-0.25, -0.2) is 9.80 Å².